The lowest BCUT2D eigenvalue weighted by atomic mass is 9.89. The zero-order valence-electron chi connectivity index (χ0n) is 59.3. The van der Waals surface area contributed by atoms with Crippen molar-refractivity contribution < 1.29 is 10.5 Å². The smallest absolute Gasteiger partial charge is 0.326 e. The number of fused-ring (bicyclic) bond motifs is 3. The summed E-state index contributed by atoms with van der Waals surface area (Å²) in [5.41, 5.74) is 29.6. The van der Waals surface area contributed by atoms with Crippen molar-refractivity contribution in [2.24, 2.45) is 11.5 Å². The molecule has 0 saturated carbocycles. The molecule has 0 unspecified atom stereocenters. The Hall–Kier alpha value is -11.3. The first-order chi connectivity index (χ1) is 49.7. The maximum absolute atomic E-state index is 14.2. The van der Waals surface area contributed by atoms with E-state index in [0.29, 0.717) is 38.5 Å². The Kier molecular flexibility index (Phi) is 31.0. The van der Waals surface area contributed by atoms with Crippen LogP contribution in [0.5, 0.6) is 0 Å². The maximum Gasteiger partial charge on any atom is 0.326 e. The maximum atomic E-state index is 14.2. The van der Waals surface area contributed by atoms with Crippen LogP contribution >= 0.6 is 63.7 Å². The highest BCUT2D eigenvalue weighted by atomic mass is 35.5. The summed E-state index contributed by atoms with van der Waals surface area (Å²) in [6, 6.07) is 62.5. The Morgan fingerprint density at radius 3 is 1.30 bits per heavy atom. The summed E-state index contributed by atoms with van der Waals surface area (Å²) in [7, 11) is 1.06. The minimum atomic E-state index is -0.330. The normalized spacial score (nSPS) is 11.1. The fourth-order valence-corrected chi connectivity index (χ4v) is 12.0. The fourth-order valence-electron chi connectivity index (χ4n) is 11.6. The second-order valence-electron chi connectivity index (χ2n) is 23.8. The number of benzene rings is 6. The molecule has 10 N–H and O–H groups in total. The van der Waals surface area contributed by atoms with Crippen LogP contribution in [-0.4, -0.2) is 66.6 Å². The summed E-state index contributed by atoms with van der Waals surface area (Å²) in [6.07, 6.45) is 8.00. The average molecular weight is 1520 g/mol. The summed E-state index contributed by atoms with van der Waals surface area (Å²) < 4.78 is 5.10. The first-order valence-electron chi connectivity index (χ1n) is 32.5. The molecule has 0 aliphatic carbocycles. The molecule has 0 aliphatic heterocycles. The van der Waals surface area contributed by atoms with Crippen molar-refractivity contribution >= 4 is 132 Å². The number of pyridine rings is 6. The van der Waals surface area contributed by atoms with Crippen molar-refractivity contribution in [3.63, 3.8) is 0 Å². The molecule has 0 fully saturated rings. The molecule has 3 atom stereocenters. The lowest BCUT2D eigenvalue weighted by molar-refractivity contribution is 0.615. The quantitative estimate of drug-likeness (QED) is 0.0457. The van der Waals surface area contributed by atoms with E-state index in [1.54, 1.807) is 57.4 Å². The van der Waals surface area contributed by atoms with Crippen LogP contribution in [0.1, 0.15) is 78.9 Å². The van der Waals surface area contributed by atoms with Crippen LogP contribution in [0.3, 0.4) is 0 Å². The van der Waals surface area contributed by atoms with E-state index in [1.165, 1.54) is 12.4 Å². The Morgan fingerprint density at radius 2 is 0.888 bits per heavy atom. The number of aromatic nitrogens is 10. The summed E-state index contributed by atoms with van der Waals surface area (Å²) in [6.45, 7) is 27.3. The van der Waals surface area contributed by atoms with Gasteiger partial charge >= 0.3 is 7.48 Å². The van der Waals surface area contributed by atoms with Crippen molar-refractivity contribution in [3.05, 3.63) is 335 Å². The average Bonchev–Trinajstić information content (AvgIpc) is 0.767. The second kappa shape index (κ2) is 39.1. The predicted octanol–water partition coefficient (Wildman–Crippen LogP) is 14.6. The molecule has 543 valence electrons. The van der Waals surface area contributed by atoms with Gasteiger partial charge in [-0.15, -0.1) is 0 Å². The summed E-state index contributed by atoms with van der Waals surface area (Å²) >= 11 is 11.7. The number of nitrogen functional groups attached to an aromatic ring is 1. The Bertz CT molecular complexity index is 5700. The van der Waals surface area contributed by atoms with Gasteiger partial charge in [0, 0.05) is 94.3 Å². The molecule has 1 radical (unpaired) electrons. The number of halogens is 2. The SMILES string of the molecule is C[C@H](N)c1cc2cccc(Cl)c2c(=O)n1-c1ccccc1.Cc1cc(-c2cccc3cc([C@H](C)N)n(-c4ccccc4)c(=O)c23)ccn1.Cc1cc([B]O)ccn1.O.S.S.S.[C-]#[N+]c1cnc(C)nc1N[C@@H](C)c1cc2cccc(-c3ccnc(C)c3)c2c(=O)n1-c1ccccc1.[C-]#[N+]c1cnc(N)nc1Cl. The number of hydrogen-bond donors (Lipinski definition) is 5. The third-order valence-electron chi connectivity index (χ3n) is 16.3. The molecule has 27 heteroatoms. The van der Waals surface area contributed by atoms with Gasteiger partial charge in [0.1, 0.15) is 16.8 Å². The van der Waals surface area contributed by atoms with E-state index in [2.05, 4.69) is 49.9 Å². The van der Waals surface area contributed by atoms with Crippen LogP contribution in [0, 0.1) is 40.8 Å². The first-order valence-corrected chi connectivity index (χ1v) is 33.2. The van der Waals surface area contributed by atoms with Crippen LogP contribution in [0.2, 0.25) is 10.2 Å². The minimum absolute atomic E-state index is 0. The standard InChI is InChI=1S/C29H24N6O.C23H21N3O.C17H15ClN2O.C6H7BNO.C5H3ClN4.H2O.3H2S/c1-18-15-21(13-14-31-18)24-12-8-9-22-16-26(19(2)33-28-25(30-4)17-32-20(3)34-28)35(29(36)27(22)24)23-10-6-5-7-11-23;1-15-13-17(11-12-25-15)20-10-6-7-18-14-21(16(2)24)26(23(27)22(18)20)19-8-4-3-5-9-19;1-11(19)15-10-12-6-5-9-14(18)16(12)17(21)20(15)13-7-3-2-4-8-13;1-5-4-6(7-9)2-3-8-5;1-8-3-2-9-5(7)10-4(3)6;;;;/h5-17,19H,1-3H3,(H,32,33,34);3-14,16H,24H2,1-2H3;2-11H,19H2,1H3;2-4,9H,1H3;2H,(H2,7,9,10);4*1H2/t19-;16-;11-;;;;;;/m000....../s1. The second-order valence-corrected chi connectivity index (χ2v) is 24.6. The van der Waals surface area contributed by atoms with E-state index >= 15 is 0 Å². The van der Waals surface area contributed by atoms with Gasteiger partial charge < -0.3 is 33.0 Å². The largest absolute Gasteiger partial charge is 0.450 e. The molecule has 0 amide bonds. The number of rotatable bonds is 11. The molecule has 0 aliphatic rings. The molecule has 21 nitrogen and oxygen atoms in total. The number of nitrogens with two attached hydrogens (primary N) is 3. The number of anilines is 2. The first kappa shape index (κ1) is 84.6. The summed E-state index contributed by atoms with van der Waals surface area (Å²) in [5.74, 6) is 1.09. The zero-order valence-corrected chi connectivity index (χ0v) is 63.8. The van der Waals surface area contributed by atoms with Gasteiger partial charge in [0.15, 0.2) is 0 Å². The third kappa shape index (κ3) is 20.2. The van der Waals surface area contributed by atoms with Gasteiger partial charge in [-0.25, -0.2) is 24.6 Å². The van der Waals surface area contributed by atoms with E-state index in [4.69, 9.17) is 58.6 Å². The van der Waals surface area contributed by atoms with Gasteiger partial charge in [-0.2, -0.15) is 40.5 Å². The van der Waals surface area contributed by atoms with Crippen molar-refractivity contribution in [1.29, 1.82) is 0 Å². The van der Waals surface area contributed by atoms with Gasteiger partial charge in [-0.05, 0) is 184 Å². The van der Waals surface area contributed by atoms with Gasteiger partial charge in [-0.1, -0.05) is 132 Å². The monoisotopic (exact) mass is 1520 g/mol. The Balaban J connectivity index is 0.000000224. The summed E-state index contributed by atoms with van der Waals surface area (Å²) in [5, 5.41) is 16.8. The number of para-hydroxylation sites is 3. The molecule has 0 spiro atoms. The number of hydrogen-bond acceptors (Lipinski definition) is 15. The molecule has 0 saturated heterocycles. The van der Waals surface area contributed by atoms with Crippen molar-refractivity contribution in [2.45, 2.75) is 66.6 Å². The highest BCUT2D eigenvalue weighted by Gasteiger charge is 2.22. The van der Waals surface area contributed by atoms with Gasteiger partial charge in [0.2, 0.25) is 17.3 Å². The van der Waals surface area contributed by atoms with Crippen LogP contribution in [0.25, 0.3) is 81.3 Å². The Labute approximate surface area is 650 Å². The van der Waals surface area contributed by atoms with Gasteiger partial charge in [0.05, 0.1) is 40.4 Å². The fraction of sp³-hybridized carbons (Fsp3) is 0.125. The highest BCUT2D eigenvalue weighted by Crippen LogP contribution is 2.34. The molecule has 14 rings (SSSR count). The third-order valence-corrected chi connectivity index (χ3v) is 16.9. The van der Waals surface area contributed by atoms with E-state index in [0.717, 1.165) is 103 Å². The highest BCUT2D eigenvalue weighted by molar-refractivity contribution is 7.59. The molecular weight excluding hydrogens is 1440 g/mol. The van der Waals surface area contributed by atoms with Gasteiger partial charge in [-0.3, -0.25) is 48.0 Å². The van der Waals surface area contributed by atoms with Crippen molar-refractivity contribution in [1.82, 2.24) is 48.6 Å². The predicted molar refractivity (Wildman–Crippen MR) is 449 cm³/mol. The molecule has 107 heavy (non-hydrogen) atoms. The van der Waals surface area contributed by atoms with Crippen molar-refractivity contribution in [2.75, 3.05) is 11.1 Å². The molecule has 14 aromatic rings. The van der Waals surface area contributed by atoms with Gasteiger partial charge in [0.25, 0.3) is 16.7 Å². The van der Waals surface area contributed by atoms with Crippen LogP contribution < -0.4 is 44.7 Å². The lowest BCUT2D eigenvalue weighted by Crippen LogP contribution is -2.26. The number of nitrogens with one attached hydrogen (secondary N) is 1. The minimum Gasteiger partial charge on any atom is -0.450 e. The molecule has 8 aromatic heterocycles. The van der Waals surface area contributed by atoms with E-state index in [1.807, 2.05) is 224 Å². The van der Waals surface area contributed by atoms with Crippen LogP contribution in [-0.2, 0) is 0 Å². The Morgan fingerprint density at radius 1 is 0.486 bits per heavy atom. The van der Waals surface area contributed by atoms with E-state index in [9.17, 15) is 14.4 Å². The molecule has 8 heterocycles. The van der Waals surface area contributed by atoms with E-state index < -0.39 is 0 Å². The molecule has 6 aromatic carbocycles. The lowest BCUT2D eigenvalue weighted by Gasteiger charge is -2.22. The summed E-state index contributed by atoms with van der Waals surface area (Å²) in [4.78, 5) is 75.6. The molecular formula is C80H78BCl2N16O5S3. The van der Waals surface area contributed by atoms with Crippen LogP contribution in [0.15, 0.2) is 246 Å². The van der Waals surface area contributed by atoms with Crippen molar-refractivity contribution in [3.8, 4) is 39.3 Å². The number of aryl methyl sites for hydroxylation is 4. The van der Waals surface area contributed by atoms with Crippen LogP contribution in [0.4, 0.5) is 23.1 Å². The zero-order chi connectivity index (χ0) is 73.4. The topological polar surface area (TPSA) is 307 Å². The number of nitrogens with zero attached hydrogens (tertiary/aromatic N) is 12. The molecule has 0 bridgehead atoms. The van der Waals surface area contributed by atoms with E-state index in [-0.39, 0.29) is 97.6 Å².